The highest BCUT2D eigenvalue weighted by Gasteiger charge is 2.27. The largest absolute Gasteiger partial charge is 0.491 e. The summed E-state index contributed by atoms with van der Waals surface area (Å²) in [5, 5.41) is 23.3. The van der Waals surface area contributed by atoms with Gasteiger partial charge in [-0.3, -0.25) is 19.2 Å². The molecule has 0 unspecified atom stereocenters. The van der Waals surface area contributed by atoms with E-state index < -0.39 is 36.3 Å². The molecule has 4 aromatic rings. The van der Waals surface area contributed by atoms with E-state index in [0.717, 1.165) is 27.5 Å². The van der Waals surface area contributed by atoms with Crippen LogP contribution in [-0.4, -0.2) is 112 Å². The van der Waals surface area contributed by atoms with Gasteiger partial charge in [-0.25, -0.2) is 4.98 Å². The lowest BCUT2D eigenvalue weighted by Crippen LogP contribution is -2.49. The highest BCUT2D eigenvalue weighted by Crippen LogP contribution is 2.35. The zero-order valence-corrected chi connectivity index (χ0v) is 34.7. The zero-order chi connectivity index (χ0) is 43.7. The Kier molecular flexibility index (Phi) is 21.0. The van der Waals surface area contributed by atoms with Crippen LogP contribution in [0.15, 0.2) is 84.1 Å². The number of azide groups is 1. The van der Waals surface area contributed by atoms with Crippen molar-refractivity contribution in [1.82, 2.24) is 15.6 Å². The molecule has 0 aliphatic heterocycles. The Morgan fingerprint density at radius 2 is 1.46 bits per heavy atom. The van der Waals surface area contributed by atoms with Gasteiger partial charge >= 0.3 is 5.97 Å². The minimum absolute atomic E-state index is 0.0295. The number of carbonyl (C=O) groups is 4. The monoisotopic (exact) mass is 841 g/mol. The number of fused-ring (bicyclic) bond motifs is 1. The number of hydrogen-bond donors (Lipinski definition) is 4. The fraction of sp³-hybridized carbons (Fsp3) is 0.432. The number of amides is 2. The molecular weight excluding hydrogens is 787 g/mol. The number of aryl methyl sites for hydroxylation is 1. The van der Waals surface area contributed by atoms with E-state index in [9.17, 15) is 24.3 Å². The molecule has 17 heteroatoms. The second-order valence-corrected chi connectivity index (χ2v) is 14.0. The van der Waals surface area contributed by atoms with Gasteiger partial charge in [0.15, 0.2) is 0 Å². The van der Waals surface area contributed by atoms with Gasteiger partial charge in [-0.05, 0) is 71.6 Å². The number of rotatable bonds is 30. The van der Waals surface area contributed by atoms with Crippen molar-refractivity contribution < 1.29 is 48.0 Å². The van der Waals surface area contributed by atoms with Crippen molar-refractivity contribution in [2.24, 2.45) is 5.11 Å². The summed E-state index contributed by atoms with van der Waals surface area (Å²) < 4.78 is 28.0. The van der Waals surface area contributed by atoms with E-state index in [-0.39, 0.29) is 18.6 Å². The number of nitrogens with one attached hydrogen (secondary N) is 3. The minimum atomic E-state index is -1.34. The van der Waals surface area contributed by atoms with Crippen LogP contribution in [0.5, 0.6) is 5.75 Å². The van der Waals surface area contributed by atoms with Crippen molar-refractivity contribution in [3.05, 3.63) is 101 Å². The molecule has 3 aromatic carbocycles. The fourth-order valence-corrected chi connectivity index (χ4v) is 6.23. The number of anilines is 1. The SMILES string of the molecule is CC(=O)C[C@H](NC(=O)[C@H](CC(=O)O)NC(=O)CCCNc1cc(C)ccn1)c1ccc(-c2ccc(OCCOCCOCCOCCOCCN=[N+]=[N-])c3ccccc23)cc1. The van der Waals surface area contributed by atoms with Crippen LogP contribution in [0.3, 0.4) is 0 Å². The molecule has 1 heterocycles. The van der Waals surface area contributed by atoms with Gasteiger partial charge in [0.1, 0.15) is 30.0 Å². The van der Waals surface area contributed by atoms with Gasteiger partial charge < -0.3 is 44.7 Å². The van der Waals surface area contributed by atoms with Crippen LogP contribution in [0.2, 0.25) is 0 Å². The predicted molar refractivity (Wildman–Crippen MR) is 229 cm³/mol. The molecule has 61 heavy (non-hydrogen) atoms. The number of nitrogens with zero attached hydrogens (tertiary/aromatic N) is 4. The number of aromatic nitrogens is 1. The molecule has 0 aliphatic carbocycles. The van der Waals surface area contributed by atoms with E-state index in [4.69, 9.17) is 29.2 Å². The quantitative estimate of drug-likeness (QED) is 0.0206. The molecule has 4 N–H and O–H groups in total. The van der Waals surface area contributed by atoms with Gasteiger partial charge in [-0.15, -0.1) is 0 Å². The number of carboxylic acid groups (broad SMARTS) is 1. The summed E-state index contributed by atoms with van der Waals surface area (Å²) in [6.45, 7) is 7.72. The summed E-state index contributed by atoms with van der Waals surface area (Å²) in [4.78, 5) is 57.2. The molecule has 0 fully saturated rings. The summed E-state index contributed by atoms with van der Waals surface area (Å²) in [5.41, 5.74) is 11.8. The highest BCUT2D eigenvalue weighted by atomic mass is 16.6. The number of Topliss-reactive ketones (excluding diaryl/α,β-unsaturated/α-hetero) is 1. The maximum Gasteiger partial charge on any atom is 0.305 e. The number of pyridine rings is 1. The molecule has 0 aliphatic rings. The molecule has 326 valence electrons. The van der Waals surface area contributed by atoms with Gasteiger partial charge in [0.2, 0.25) is 11.8 Å². The molecule has 2 atom stereocenters. The topological polar surface area (TPSA) is 232 Å². The molecule has 17 nitrogen and oxygen atoms in total. The Bertz CT molecular complexity index is 2060. The first kappa shape index (κ1) is 47.6. The Hall–Kier alpha value is -6.10. The van der Waals surface area contributed by atoms with E-state index in [1.165, 1.54) is 6.92 Å². The highest BCUT2D eigenvalue weighted by molar-refractivity contribution is 6.00. The van der Waals surface area contributed by atoms with E-state index in [1.54, 1.807) is 6.20 Å². The fourth-order valence-electron chi connectivity index (χ4n) is 6.23. The van der Waals surface area contributed by atoms with Crippen LogP contribution in [0.25, 0.3) is 32.3 Å². The number of carboxylic acids is 1. The number of ether oxygens (including phenoxy) is 5. The van der Waals surface area contributed by atoms with Gasteiger partial charge in [-0.1, -0.05) is 59.7 Å². The van der Waals surface area contributed by atoms with Gasteiger partial charge in [0.05, 0.1) is 65.3 Å². The average molecular weight is 842 g/mol. The molecule has 0 radical (unpaired) electrons. The van der Waals surface area contributed by atoms with E-state index in [2.05, 4.69) is 31.0 Å². The Labute approximate surface area is 355 Å². The second-order valence-electron chi connectivity index (χ2n) is 14.0. The van der Waals surface area contributed by atoms with Gasteiger partial charge in [-0.2, -0.15) is 0 Å². The number of benzene rings is 3. The summed E-state index contributed by atoms with van der Waals surface area (Å²) in [5.74, 6) is -1.20. The first-order valence-electron chi connectivity index (χ1n) is 20.2. The summed E-state index contributed by atoms with van der Waals surface area (Å²) in [6.07, 6.45) is 1.53. The molecule has 2 amide bonds. The zero-order valence-electron chi connectivity index (χ0n) is 34.7. The van der Waals surface area contributed by atoms with Gasteiger partial charge in [0.25, 0.3) is 0 Å². The first-order valence-corrected chi connectivity index (χ1v) is 20.2. The standard InChI is InChI=1S/C44H55N7O10/c1-31-15-17-47-41(28-31)46-16-5-8-42(53)49-39(30-43(54)55)44(56)50-38(29-32(2)52)34-11-9-33(10-12-34)35-13-14-40(37-7-4-3-6-36(35)37)61-27-26-60-25-24-59-23-22-58-21-20-57-19-18-48-51-45/h3-4,6-7,9-15,17,28,38-39H,5,8,16,18-27,29-30H2,1-2H3,(H,46,47)(H,49,53)(H,50,56)(H,54,55)/t38-,39-/m0/s1. The Morgan fingerprint density at radius 1 is 0.803 bits per heavy atom. The maximum absolute atomic E-state index is 13.5. The first-order chi connectivity index (χ1) is 29.6. The van der Waals surface area contributed by atoms with E-state index in [1.807, 2.05) is 79.7 Å². The van der Waals surface area contributed by atoms with Crippen molar-refractivity contribution in [3.63, 3.8) is 0 Å². The number of hydrogen-bond acceptors (Lipinski definition) is 12. The van der Waals surface area contributed by atoms with Crippen LogP contribution in [-0.2, 0) is 38.1 Å². The summed E-state index contributed by atoms with van der Waals surface area (Å²) in [7, 11) is 0. The second kappa shape index (κ2) is 26.9. The lowest BCUT2D eigenvalue weighted by Gasteiger charge is -2.23. The molecule has 0 bridgehead atoms. The Morgan fingerprint density at radius 3 is 2.10 bits per heavy atom. The van der Waals surface area contributed by atoms with Crippen LogP contribution in [0.4, 0.5) is 5.82 Å². The Balaban J connectivity index is 1.27. The predicted octanol–water partition coefficient (Wildman–Crippen LogP) is 5.95. The van der Waals surface area contributed by atoms with Crippen molar-refractivity contribution in [3.8, 4) is 16.9 Å². The third-order valence-electron chi connectivity index (χ3n) is 9.15. The number of ketones is 1. The maximum atomic E-state index is 13.5. The van der Waals surface area contributed by atoms with E-state index >= 15 is 0 Å². The lowest BCUT2D eigenvalue weighted by atomic mass is 9.94. The smallest absolute Gasteiger partial charge is 0.305 e. The molecule has 0 saturated carbocycles. The van der Waals surface area contributed by atoms with Crippen molar-refractivity contribution in [1.29, 1.82) is 0 Å². The minimum Gasteiger partial charge on any atom is -0.491 e. The van der Waals surface area contributed by atoms with Crippen LogP contribution in [0.1, 0.15) is 49.8 Å². The van der Waals surface area contributed by atoms with Crippen LogP contribution in [0, 0.1) is 6.92 Å². The van der Waals surface area contributed by atoms with Crippen LogP contribution >= 0.6 is 0 Å². The third kappa shape index (κ3) is 17.6. The van der Waals surface area contributed by atoms with Crippen molar-refractivity contribution in [2.75, 3.05) is 77.9 Å². The summed E-state index contributed by atoms with van der Waals surface area (Å²) >= 11 is 0. The molecule has 1 aromatic heterocycles. The average Bonchev–Trinajstić information content (AvgIpc) is 3.24. The number of carbonyl (C=O) groups excluding carboxylic acids is 3. The normalized spacial score (nSPS) is 11.9. The molecule has 0 spiro atoms. The van der Waals surface area contributed by atoms with E-state index in [0.29, 0.717) is 96.1 Å². The lowest BCUT2D eigenvalue weighted by molar-refractivity contribution is -0.141. The molecule has 4 rings (SSSR count). The van der Waals surface area contributed by atoms with Gasteiger partial charge in [0, 0.05) is 42.4 Å². The molecule has 0 saturated heterocycles. The number of aliphatic carboxylic acids is 1. The van der Waals surface area contributed by atoms with Crippen LogP contribution < -0.4 is 20.7 Å². The van der Waals surface area contributed by atoms with Crippen molar-refractivity contribution >= 4 is 40.2 Å². The summed E-state index contributed by atoms with van der Waals surface area (Å²) in [6, 6.07) is 20.9. The third-order valence-corrected chi connectivity index (χ3v) is 9.15. The molecular formula is C44H55N7O10. The van der Waals surface area contributed by atoms with Crippen molar-refractivity contribution in [2.45, 2.75) is 51.6 Å².